The van der Waals surface area contributed by atoms with Crippen LogP contribution in [0.3, 0.4) is 0 Å². The van der Waals surface area contributed by atoms with Crippen LogP contribution in [0.2, 0.25) is 5.02 Å². The monoisotopic (exact) mass is 411 g/mol. The molecule has 2 aliphatic rings. The van der Waals surface area contributed by atoms with Crippen LogP contribution in [0.25, 0.3) is 6.08 Å². The lowest BCUT2D eigenvalue weighted by molar-refractivity contribution is 0.101. The van der Waals surface area contributed by atoms with Crippen molar-refractivity contribution in [3.8, 4) is 11.5 Å². The fourth-order valence-corrected chi connectivity index (χ4v) is 4.80. The number of fused-ring (bicyclic) bond motifs is 1. The van der Waals surface area contributed by atoms with E-state index in [1.54, 1.807) is 18.2 Å². The molecule has 2 heterocycles. The van der Waals surface area contributed by atoms with Crippen molar-refractivity contribution in [3.63, 3.8) is 0 Å². The third-order valence-corrected chi connectivity index (χ3v) is 6.08. The predicted octanol–water partition coefficient (Wildman–Crippen LogP) is 5.45. The number of allylic oxidation sites excluding steroid dienone is 1. The van der Waals surface area contributed by atoms with E-state index in [1.165, 1.54) is 6.42 Å². The molecule has 4 nitrogen and oxygen atoms in total. The van der Waals surface area contributed by atoms with E-state index in [4.69, 9.17) is 16.3 Å². The maximum absolute atomic E-state index is 13.1. The number of piperidine rings is 1. The Morgan fingerprint density at radius 3 is 2.62 bits per heavy atom. The van der Waals surface area contributed by atoms with E-state index in [2.05, 4.69) is 18.7 Å². The van der Waals surface area contributed by atoms with Gasteiger partial charge in [-0.3, -0.25) is 9.69 Å². The van der Waals surface area contributed by atoms with Gasteiger partial charge in [0.2, 0.25) is 5.78 Å². The van der Waals surface area contributed by atoms with Gasteiger partial charge in [-0.2, -0.15) is 0 Å². The summed E-state index contributed by atoms with van der Waals surface area (Å²) in [5, 5.41) is 11.2. The van der Waals surface area contributed by atoms with E-state index in [9.17, 15) is 9.90 Å². The minimum atomic E-state index is -0.168. The minimum absolute atomic E-state index is 0.168. The number of aryl methyl sites for hydroxylation is 1. The number of hydrogen-bond acceptors (Lipinski definition) is 4. The molecule has 1 N–H and O–H groups in total. The van der Waals surface area contributed by atoms with E-state index in [1.807, 2.05) is 25.1 Å². The molecule has 0 saturated carbocycles. The molecule has 2 aliphatic heterocycles. The number of halogens is 1. The van der Waals surface area contributed by atoms with Crippen molar-refractivity contribution in [2.75, 3.05) is 13.1 Å². The van der Waals surface area contributed by atoms with Crippen LogP contribution in [0, 0.1) is 18.8 Å². The third-order valence-electron chi connectivity index (χ3n) is 5.74. The summed E-state index contributed by atoms with van der Waals surface area (Å²) in [6, 6.07) is 9.01. The van der Waals surface area contributed by atoms with Crippen molar-refractivity contribution >= 4 is 23.5 Å². The van der Waals surface area contributed by atoms with Crippen LogP contribution in [0.15, 0.2) is 36.1 Å². The van der Waals surface area contributed by atoms with Gasteiger partial charge in [0.15, 0.2) is 5.76 Å². The van der Waals surface area contributed by atoms with Crippen molar-refractivity contribution in [1.82, 2.24) is 4.90 Å². The third kappa shape index (κ3) is 3.92. The van der Waals surface area contributed by atoms with Gasteiger partial charge >= 0.3 is 0 Å². The second kappa shape index (κ2) is 7.85. The molecule has 29 heavy (non-hydrogen) atoms. The van der Waals surface area contributed by atoms with E-state index >= 15 is 0 Å². The van der Waals surface area contributed by atoms with Gasteiger partial charge in [-0.15, -0.1) is 0 Å². The number of hydrogen-bond donors (Lipinski definition) is 1. The van der Waals surface area contributed by atoms with Crippen molar-refractivity contribution < 1.29 is 14.6 Å². The predicted molar refractivity (Wildman–Crippen MR) is 115 cm³/mol. The Bertz CT molecular complexity index is 988. The number of likely N-dealkylation sites (tertiary alicyclic amines) is 1. The summed E-state index contributed by atoms with van der Waals surface area (Å²) in [6.45, 7) is 8.85. The van der Waals surface area contributed by atoms with Crippen LogP contribution in [0.5, 0.6) is 11.5 Å². The highest BCUT2D eigenvalue weighted by molar-refractivity contribution is 6.32. The summed E-state index contributed by atoms with van der Waals surface area (Å²) in [5.74, 6) is 1.95. The maximum Gasteiger partial charge on any atom is 0.232 e. The molecule has 2 aromatic carbocycles. The first kappa shape index (κ1) is 20.0. The molecule has 0 spiro atoms. The highest BCUT2D eigenvalue weighted by Gasteiger charge is 2.34. The van der Waals surface area contributed by atoms with Crippen molar-refractivity contribution in [1.29, 1.82) is 0 Å². The standard InChI is InChI=1S/C24H26ClNO3/c1-14-8-15(2)12-26(11-14)13-18-20(27)9-16(3)22-23(28)21(29-24(18)22)10-17-6-4-5-7-19(17)25/h4-7,9-10,14-15,27H,8,11-13H2,1-3H3/b21-10+. The molecule has 2 aromatic rings. The van der Waals surface area contributed by atoms with Gasteiger partial charge in [0, 0.05) is 24.7 Å². The summed E-state index contributed by atoms with van der Waals surface area (Å²) >= 11 is 6.25. The largest absolute Gasteiger partial charge is 0.507 e. The van der Waals surface area contributed by atoms with Crippen molar-refractivity contribution in [3.05, 3.63) is 63.4 Å². The van der Waals surface area contributed by atoms with Crippen molar-refractivity contribution in [2.45, 2.75) is 33.7 Å². The number of aromatic hydroxyl groups is 1. The Morgan fingerprint density at radius 2 is 1.93 bits per heavy atom. The Hall–Kier alpha value is -2.30. The summed E-state index contributed by atoms with van der Waals surface area (Å²) < 4.78 is 6.03. The van der Waals surface area contributed by atoms with Crippen LogP contribution in [0.4, 0.5) is 0 Å². The lowest BCUT2D eigenvalue weighted by atomic mass is 9.91. The normalized spacial score (nSPS) is 23.3. The highest BCUT2D eigenvalue weighted by atomic mass is 35.5. The second-order valence-corrected chi connectivity index (χ2v) is 8.90. The lowest BCUT2D eigenvalue weighted by Gasteiger charge is -2.35. The van der Waals surface area contributed by atoms with Crippen LogP contribution >= 0.6 is 11.6 Å². The lowest BCUT2D eigenvalue weighted by Crippen LogP contribution is -2.38. The van der Waals surface area contributed by atoms with Crippen LogP contribution in [-0.2, 0) is 6.54 Å². The van der Waals surface area contributed by atoms with Gasteiger partial charge in [0.05, 0.1) is 11.1 Å². The van der Waals surface area contributed by atoms with Gasteiger partial charge in [0.25, 0.3) is 0 Å². The van der Waals surface area contributed by atoms with Gasteiger partial charge < -0.3 is 9.84 Å². The second-order valence-electron chi connectivity index (χ2n) is 8.50. The molecular formula is C24H26ClNO3. The summed E-state index contributed by atoms with van der Waals surface area (Å²) in [4.78, 5) is 15.4. The van der Waals surface area contributed by atoms with E-state index in [-0.39, 0.29) is 17.3 Å². The average Bonchev–Trinajstić information content (AvgIpc) is 2.96. The first-order valence-electron chi connectivity index (χ1n) is 10.1. The first-order chi connectivity index (χ1) is 13.8. The number of rotatable bonds is 3. The Morgan fingerprint density at radius 1 is 1.24 bits per heavy atom. The molecular weight excluding hydrogens is 386 g/mol. The Kier molecular flexibility index (Phi) is 5.41. The first-order valence-corrected chi connectivity index (χ1v) is 10.5. The topological polar surface area (TPSA) is 49.8 Å². The van der Waals surface area contributed by atoms with Gasteiger partial charge in [0.1, 0.15) is 11.5 Å². The van der Waals surface area contributed by atoms with Crippen molar-refractivity contribution in [2.24, 2.45) is 11.8 Å². The number of nitrogens with zero attached hydrogens (tertiary/aromatic N) is 1. The van der Waals surface area contributed by atoms with Crippen LogP contribution < -0.4 is 4.74 Å². The molecule has 1 fully saturated rings. The smallest absolute Gasteiger partial charge is 0.232 e. The molecule has 152 valence electrons. The molecule has 0 aliphatic carbocycles. The van der Waals surface area contributed by atoms with Gasteiger partial charge in [-0.25, -0.2) is 0 Å². The number of ether oxygens (including phenoxy) is 1. The molecule has 0 aromatic heterocycles. The number of benzene rings is 2. The summed E-state index contributed by atoms with van der Waals surface area (Å²) in [5.41, 5.74) is 2.67. The number of Topliss-reactive ketones (excluding diaryl/α,β-unsaturated/α-hetero) is 1. The zero-order valence-electron chi connectivity index (χ0n) is 17.0. The number of carbonyl (C=O) groups excluding carboxylic acids is 1. The van der Waals surface area contributed by atoms with Gasteiger partial charge in [-0.1, -0.05) is 43.6 Å². The molecule has 0 radical (unpaired) electrons. The zero-order valence-corrected chi connectivity index (χ0v) is 17.8. The summed E-state index contributed by atoms with van der Waals surface area (Å²) in [6.07, 6.45) is 2.89. The van der Waals surface area contributed by atoms with E-state index < -0.39 is 0 Å². The molecule has 0 amide bonds. The summed E-state index contributed by atoms with van der Waals surface area (Å²) in [7, 11) is 0. The molecule has 4 rings (SSSR count). The number of ketones is 1. The van der Waals surface area contributed by atoms with Crippen LogP contribution in [-0.4, -0.2) is 28.9 Å². The number of carbonyl (C=O) groups is 1. The quantitative estimate of drug-likeness (QED) is 0.682. The van der Waals surface area contributed by atoms with E-state index in [0.29, 0.717) is 45.8 Å². The van der Waals surface area contributed by atoms with Gasteiger partial charge in [-0.05, 0) is 54.5 Å². The number of phenolic OH excluding ortho intramolecular Hbond substituents is 1. The van der Waals surface area contributed by atoms with Crippen LogP contribution in [0.1, 0.15) is 47.3 Å². The molecule has 5 heteroatoms. The SMILES string of the molecule is Cc1cc(O)c(CN2CC(C)CC(C)C2)c2c1C(=O)/C(=C\c1ccccc1Cl)O2. The Balaban J connectivity index is 1.70. The highest BCUT2D eigenvalue weighted by Crippen LogP contribution is 2.43. The molecule has 2 unspecified atom stereocenters. The zero-order chi connectivity index (χ0) is 20.7. The Labute approximate surface area is 176 Å². The average molecular weight is 412 g/mol. The van der Waals surface area contributed by atoms with E-state index in [0.717, 1.165) is 18.7 Å². The fourth-order valence-electron chi connectivity index (χ4n) is 4.61. The maximum atomic E-state index is 13.1. The number of phenols is 1. The molecule has 1 saturated heterocycles. The molecule has 0 bridgehead atoms. The molecule has 2 atom stereocenters. The fraction of sp³-hybridized carbons (Fsp3) is 0.375. The minimum Gasteiger partial charge on any atom is -0.507 e.